The minimum Gasteiger partial charge on any atom is -0.481 e. The van der Waals surface area contributed by atoms with E-state index >= 15 is 0 Å². The molecule has 0 spiro atoms. The summed E-state index contributed by atoms with van der Waals surface area (Å²) in [6.45, 7) is 2.28. The summed E-state index contributed by atoms with van der Waals surface area (Å²) in [5.74, 6) is -0.226. The van der Waals surface area contributed by atoms with Crippen LogP contribution in [0.5, 0.6) is 0 Å². The van der Waals surface area contributed by atoms with Crippen LogP contribution >= 0.6 is 0 Å². The molecule has 0 fully saturated rings. The van der Waals surface area contributed by atoms with E-state index in [1.54, 1.807) is 16.9 Å². The van der Waals surface area contributed by atoms with E-state index in [1.807, 2.05) is 13.0 Å². The minimum absolute atomic E-state index is 0.0507. The number of anilines is 1. The number of aliphatic carboxylic acids is 1. The van der Waals surface area contributed by atoms with E-state index < -0.39 is 12.1 Å². The third kappa shape index (κ3) is 3.19. The Kier molecular flexibility index (Phi) is 3.96. The molecule has 0 saturated carbocycles. The van der Waals surface area contributed by atoms with Crippen molar-refractivity contribution in [1.29, 1.82) is 0 Å². The van der Waals surface area contributed by atoms with Gasteiger partial charge in [-0.15, -0.1) is 0 Å². The molecule has 1 unspecified atom stereocenters. The fraction of sp³-hybridized carbons (Fsp3) is 0.417. The van der Waals surface area contributed by atoms with E-state index in [2.05, 4.69) is 15.4 Å². The molecule has 0 amide bonds. The van der Waals surface area contributed by atoms with Crippen molar-refractivity contribution in [2.45, 2.75) is 19.4 Å². The first-order valence-corrected chi connectivity index (χ1v) is 5.89. The molecule has 7 heteroatoms. The quantitative estimate of drug-likeness (QED) is 0.807. The summed E-state index contributed by atoms with van der Waals surface area (Å²) in [5, 5.41) is 16.1. The number of carbonyl (C=O) groups is 1. The maximum Gasteiger partial charge on any atom is 0.306 e. The average Bonchev–Trinajstić information content (AvgIpc) is 2.74. The molecule has 102 valence electrons. The first kappa shape index (κ1) is 13.3. The Morgan fingerprint density at radius 3 is 3.11 bits per heavy atom. The van der Waals surface area contributed by atoms with Crippen molar-refractivity contribution in [3.05, 3.63) is 24.2 Å². The van der Waals surface area contributed by atoms with Gasteiger partial charge in [0.15, 0.2) is 5.82 Å². The smallest absolute Gasteiger partial charge is 0.306 e. The summed E-state index contributed by atoms with van der Waals surface area (Å²) in [4.78, 5) is 14.9. The van der Waals surface area contributed by atoms with Gasteiger partial charge in [0.2, 0.25) is 0 Å². The zero-order valence-electron chi connectivity index (χ0n) is 10.8. The van der Waals surface area contributed by atoms with Gasteiger partial charge in [-0.05, 0) is 13.0 Å². The lowest BCUT2D eigenvalue weighted by molar-refractivity contribution is -0.139. The van der Waals surface area contributed by atoms with Crippen molar-refractivity contribution in [2.75, 3.05) is 19.0 Å². The number of carboxylic acids is 1. The molecule has 2 N–H and O–H groups in total. The van der Waals surface area contributed by atoms with Crippen molar-refractivity contribution in [2.24, 2.45) is 0 Å². The van der Waals surface area contributed by atoms with Gasteiger partial charge in [-0.1, -0.05) is 0 Å². The van der Waals surface area contributed by atoms with Crippen LogP contribution in [0.4, 0.5) is 5.82 Å². The van der Waals surface area contributed by atoms with Crippen LogP contribution < -0.4 is 5.32 Å². The first-order valence-electron chi connectivity index (χ1n) is 5.89. The van der Waals surface area contributed by atoms with E-state index in [4.69, 9.17) is 9.84 Å². The molecule has 0 radical (unpaired) electrons. The molecule has 0 aromatic carbocycles. The second kappa shape index (κ2) is 5.66. The number of methoxy groups -OCH3 is 1. The molecule has 2 aromatic rings. The van der Waals surface area contributed by atoms with Gasteiger partial charge < -0.3 is 15.2 Å². The molecule has 0 aliphatic rings. The fourth-order valence-electron chi connectivity index (χ4n) is 1.82. The van der Waals surface area contributed by atoms with E-state index in [9.17, 15) is 4.79 Å². The molecule has 0 bridgehead atoms. The standard InChI is InChI=1S/C12H16N4O3/c1-8-5-10-12(13-3-4-16(10)15-8)14-7-9(19-2)6-11(17)18/h3-5,9H,6-7H2,1-2H3,(H,13,14)(H,17,18). The summed E-state index contributed by atoms with van der Waals surface area (Å²) in [7, 11) is 1.49. The van der Waals surface area contributed by atoms with E-state index in [-0.39, 0.29) is 6.42 Å². The van der Waals surface area contributed by atoms with Gasteiger partial charge in [0.05, 0.1) is 18.2 Å². The summed E-state index contributed by atoms with van der Waals surface area (Å²) >= 11 is 0. The molecule has 2 rings (SSSR count). The predicted molar refractivity (Wildman–Crippen MR) is 69.3 cm³/mol. The lowest BCUT2D eigenvalue weighted by atomic mass is 10.2. The number of hydrogen-bond acceptors (Lipinski definition) is 5. The summed E-state index contributed by atoms with van der Waals surface area (Å²) in [6.07, 6.45) is 2.95. The zero-order valence-corrected chi connectivity index (χ0v) is 10.8. The Bertz CT molecular complexity index is 581. The molecule has 2 heterocycles. The third-order valence-electron chi connectivity index (χ3n) is 2.74. The fourth-order valence-corrected chi connectivity index (χ4v) is 1.82. The molecule has 7 nitrogen and oxygen atoms in total. The lowest BCUT2D eigenvalue weighted by Gasteiger charge is -2.14. The van der Waals surface area contributed by atoms with Gasteiger partial charge in [0.1, 0.15) is 5.52 Å². The van der Waals surface area contributed by atoms with Gasteiger partial charge in [0, 0.05) is 26.0 Å². The third-order valence-corrected chi connectivity index (χ3v) is 2.74. The number of nitrogens with one attached hydrogen (secondary N) is 1. The normalized spacial score (nSPS) is 12.5. The van der Waals surface area contributed by atoms with Crippen LogP contribution in [-0.2, 0) is 9.53 Å². The van der Waals surface area contributed by atoms with Crippen LogP contribution in [0.25, 0.3) is 5.52 Å². The van der Waals surface area contributed by atoms with Gasteiger partial charge in [-0.25, -0.2) is 9.50 Å². The van der Waals surface area contributed by atoms with Gasteiger partial charge in [-0.3, -0.25) is 4.79 Å². The van der Waals surface area contributed by atoms with Crippen molar-refractivity contribution >= 4 is 17.3 Å². The monoisotopic (exact) mass is 264 g/mol. The number of carboxylic acid groups (broad SMARTS) is 1. The molecule has 0 aliphatic heterocycles. The first-order chi connectivity index (χ1) is 9.10. The van der Waals surface area contributed by atoms with Crippen LogP contribution in [-0.4, -0.2) is 45.4 Å². The van der Waals surface area contributed by atoms with E-state index in [1.165, 1.54) is 7.11 Å². The highest BCUT2D eigenvalue weighted by molar-refractivity contribution is 5.69. The van der Waals surface area contributed by atoms with Gasteiger partial charge in [-0.2, -0.15) is 5.10 Å². The average molecular weight is 264 g/mol. The van der Waals surface area contributed by atoms with E-state index in [0.29, 0.717) is 12.4 Å². The minimum atomic E-state index is -0.889. The summed E-state index contributed by atoms with van der Waals surface area (Å²) in [5.41, 5.74) is 1.75. The molecular weight excluding hydrogens is 248 g/mol. The van der Waals surface area contributed by atoms with Crippen molar-refractivity contribution in [3.63, 3.8) is 0 Å². The van der Waals surface area contributed by atoms with Crippen LogP contribution in [0.1, 0.15) is 12.1 Å². The molecule has 19 heavy (non-hydrogen) atoms. The number of rotatable bonds is 6. The largest absolute Gasteiger partial charge is 0.481 e. The highest BCUT2D eigenvalue weighted by Gasteiger charge is 2.13. The Labute approximate surface area is 110 Å². The molecule has 0 saturated heterocycles. The second-order valence-corrected chi connectivity index (χ2v) is 4.23. The van der Waals surface area contributed by atoms with Crippen molar-refractivity contribution < 1.29 is 14.6 Å². The Morgan fingerprint density at radius 1 is 1.63 bits per heavy atom. The Balaban J connectivity index is 2.10. The van der Waals surface area contributed by atoms with Crippen LogP contribution in [0.2, 0.25) is 0 Å². The van der Waals surface area contributed by atoms with Crippen LogP contribution in [0, 0.1) is 6.92 Å². The summed E-state index contributed by atoms with van der Waals surface area (Å²) < 4.78 is 6.83. The lowest BCUT2D eigenvalue weighted by Crippen LogP contribution is -2.25. The number of aryl methyl sites for hydroxylation is 1. The summed E-state index contributed by atoms with van der Waals surface area (Å²) in [6, 6.07) is 1.91. The van der Waals surface area contributed by atoms with Crippen LogP contribution in [0.3, 0.4) is 0 Å². The Morgan fingerprint density at radius 2 is 2.42 bits per heavy atom. The topological polar surface area (TPSA) is 88.8 Å². The zero-order chi connectivity index (χ0) is 13.8. The number of nitrogens with zero attached hydrogens (tertiary/aromatic N) is 3. The molecule has 2 aromatic heterocycles. The van der Waals surface area contributed by atoms with Gasteiger partial charge >= 0.3 is 5.97 Å². The highest BCUT2D eigenvalue weighted by Crippen LogP contribution is 2.14. The second-order valence-electron chi connectivity index (χ2n) is 4.23. The molecule has 0 aliphatic carbocycles. The van der Waals surface area contributed by atoms with Gasteiger partial charge in [0.25, 0.3) is 0 Å². The van der Waals surface area contributed by atoms with Crippen LogP contribution in [0.15, 0.2) is 18.5 Å². The SMILES string of the molecule is COC(CNc1nccn2nc(C)cc12)CC(=O)O. The molecular formula is C12H16N4O3. The maximum atomic E-state index is 10.7. The maximum absolute atomic E-state index is 10.7. The number of hydrogen-bond donors (Lipinski definition) is 2. The Hall–Kier alpha value is -2.15. The highest BCUT2D eigenvalue weighted by atomic mass is 16.5. The number of ether oxygens (including phenoxy) is 1. The number of aromatic nitrogens is 3. The molecule has 1 atom stereocenters. The van der Waals surface area contributed by atoms with Crippen molar-refractivity contribution in [1.82, 2.24) is 14.6 Å². The predicted octanol–water partition coefficient (Wildman–Crippen LogP) is 0.939. The van der Waals surface area contributed by atoms with Crippen molar-refractivity contribution in [3.8, 4) is 0 Å². The number of fused-ring (bicyclic) bond motifs is 1. The van der Waals surface area contributed by atoms with E-state index in [0.717, 1.165) is 11.2 Å².